The predicted molar refractivity (Wildman–Crippen MR) is 375 cm³/mol. The molecule has 10 aromatic rings. The Morgan fingerprint density at radius 2 is 0.957 bits per heavy atom. The topological polar surface area (TPSA) is 223 Å². The van der Waals surface area contributed by atoms with Gasteiger partial charge in [-0.2, -0.15) is 15.3 Å². The van der Waals surface area contributed by atoms with Gasteiger partial charge in [-0.05, 0) is 151 Å². The number of anilines is 2. The number of pyridine rings is 3. The number of carbonyl (C=O) groups excluding carboxylic acids is 1. The number of fused-ring (bicyclic) bond motifs is 5. The Balaban J connectivity index is 0.000000147. The lowest BCUT2D eigenvalue weighted by Gasteiger charge is -2.19. The number of hydrazone groups is 3. The Bertz CT molecular complexity index is 4370. The normalized spacial score (nSPS) is 12.7. The summed E-state index contributed by atoms with van der Waals surface area (Å²) in [4.78, 5) is 27.9. The fourth-order valence-electron chi connectivity index (χ4n) is 9.51. The van der Waals surface area contributed by atoms with Gasteiger partial charge in [0.2, 0.25) is 5.91 Å². The number of methoxy groups -OCH3 is 3. The molecule has 1 amide bonds. The molecule has 0 saturated heterocycles. The molecule has 93 heavy (non-hydrogen) atoms. The molecule has 0 saturated carbocycles. The molecule has 0 aliphatic carbocycles. The number of nitrogens with two attached hydrogens (primary N) is 1. The largest absolute Gasteiger partial charge is 0.497 e. The van der Waals surface area contributed by atoms with Gasteiger partial charge in [-0.3, -0.25) is 10.2 Å². The molecular weight excluding hydrogens is 1280 g/mol. The number of hydrogen-bond donors (Lipinski definition) is 3. The van der Waals surface area contributed by atoms with Crippen LogP contribution in [0.25, 0.3) is 5.82 Å². The van der Waals surface area contributed by atoms with Crippen LogP contribution in [0, 0.1) is 6.92 Å². The van der Waals surface area contributed by atoms with Crippen molar-refractivity contribution in [2.24, 2.45) is 26.1 Å². The van der Waals surface area contributed by atoms with Gasteiger partial charge in [0.25, 0.3) is 5.95 Å². The Kier molecular flexibility index (Phi) is 22.2. The summed E-state index contributed by atoms with van der Waals surface area (Å²) in [7, 11) is 4.97. The van der Waals surface area contributed by atoms with E-state index < -0.39 is 0 Å². The summed E-state index contributed by atoms with van der Waals surface area (Å²) in [6, 6.07) is 58.2. The maximum atomic E-state index is 9.58. The van der Waals surface area contributed by atoms with Gasteiger partial charge in [0.05, 0.1) is 41.0 Å². The van der Waals surface area contributed by atoms with Crippen molar-refractivity contribution in [3.63, 3.8) is 0 Å². The van der Waals surface area contributed by atoms with Crippen LogP contribution < -0.4 is 35.8 Å². The summed E-state index contributed by atoms with van der Waals surface area (Å²) in [6.45, 7) is 4.86. The van der Waals surface area contributed by atoms with E-state index in [1.165, 1.54) is 6.92 Å². The lowest BCUT2D eigenvalue weighted by Crippen LogP contribution is -2.29. The molecule has 0 bridgehead atoms. The minimum atomic E-state index is -0.218. The number of rotatable bonds is 12. The van der Waals surface area contributed by atoms with Gasteiger partial charge >= 0.3 is 0 Å². The number of amidine groups is 1. The summed E-state index contributed by atoms with van der Waals surface area (Å²) in [5.41, 5.74) is 13.0. The van der Waals surface area contributed by atoms with Crippen LogP contribution in [0.2, 0.25) is 15.1 Å². The van der Waals surface area contributed by atoms with Crippen LogP contribution in [0.15, 0.2) is 221 Å². The van der Waals surface area contributed by atoms with E-state index in [0.717, 1.165) is 101 Å². The number of hydrogen-bond acceptors (Lipinski definition) is 18. The van der Waals surface area contributed by atoms with Gasteiger partial charge in [0.1, 0.15) is 46.0 Å². The third kappa shape index (κ3) is 16.5. The Labute approximate surface area is 562 Å². The number of carbonyl (C=O) groups is 1. The first-order chi connectivity index (χ1) is 45.2. The molecule has 7 heterocycles. The molecular formula is C68H61Cl3N16O4S2. The molecule has 0 fully saturated rings. The number of nitrogens with zero attached hydrogens (tertiary/aromatic N) is 13. The molecule has 3 aliphatic heterocycles. The zero-order chi connectivity index (χ0) is 65.4. The molecule has 0 atom stereocenters. The van der Waals surface area contributed by atoms with Crippen molar-refractivity contribution in [1.82, 2.24) is 45.2 Å². The average molecular weight is 1340 g/mol. The lowest BCUT2D eigenvalue weighted by atomic mass is 10.0. The molecule has 13 rings (SSSR count). The molecule has 0 unspecified atom stereocenters. The fourth-order valence-corrected chi connectivity index (χ4v) is 10.6. The second-order valence-corrected chi connectivity index (χ2v) is 22.8. The number of thioether (sulfide) groups is 1. The molecule has 0 spiro atoms. The van der Waals surface area contributed by atoms with Crippen molar-refractivity contribution in [3.05, 3.63) is 272 Å². The first-order valence-electron chi connectivity index (χ1n) is 28.7. The van der Waals surface area contributed by atoms with E-state index in [0.29, 0.717) is 57.4 Å². The van der Waals surface area contributed by atoms with Gasteiger partial charge in [-0.15, -0.1) is 10.2 Å². The minimum Gasteiger partial charge on any atom is -0.497 e. The van der Waals surface area contributed by atoms with Crippen LogP contribution >= 0.6 is 58.8 Å². The number of aliphatic imine (C=N–C) groups is 1. The first-order valence-corrected chi connectivity index (χ1v) is 31.4. The van der Waals surface area contributed by atoms with Crippen molar-refractivity contribution in [2.45, 2.75) is 33.5 Å². The number of benzene rings is 6. The zero-order valence-corrected chi connectivity index (χ0v) is 55.0. The van der Waals surface area contributed by atoms with Gasteiger partial charge in [0, 0.05) is 74.0 Å². The van der Waals surface area contributed by atoms with E-state index in [-0.39, 0.29) is 5.91 Å². The molecule has 6 aromatic carbocycles. The van der Waals surface area contributed by atoms with Crippen LogP contribution in [0.3, 0.4) is 0 Å². The van der Waals surface area contributed by atoms with Gasteiger partial charge in [0.15, 0.2) is 21.9 Å². The van der Waals surface area contributed by atoms with Crippen LogP contribution in [0.1, 0.15) is 62.8 Å². The number of aromatic nitrogens is 6. The monoisotopic (exact) mass is 1330 g/mol. The number of nitrogens with one attached hydrogen (secondary N) is 2. The Morgan fingerprint density at radius 3 is 1.44 bits per heavy atom. The molecule has 20 nitrogen and oxygen atoms in total. The van der Waals surface area contributed by atoms with E-state index >= 15 is 0 Å². The Hall–Kier alpha value is -10.1. The van der Waals surface area contributed by atoms with Crippen molar-refractivity contribution >= 4 is 110 Å². The second kappa shape index (κ2) is 31.3. The average Bonchev–Trinajstić information content (AvgIpc) is 1.63. The zero-order valence-electron chi connectivity index (χ0n) is 51.1. The number of thiocarbonyl (C=S) groups is 1. The van der Waals surface area contributed by atoms with Crippen molar-refractivity contribution in [3.8, 4) is 23.1 Å². The standard InChI is InChI=1S/C23H19ClN6O.C22H19ClN4OS.C21H17ClN4OS.C2H6N2O/c1-15-26-27-23-29(14-16-5-11-19(31-2)12-6-16)28-21(17-7-9-18(24)10-8-17)20-4-3-13-25-22(20)30(15)23;1-28-18-11-5-15(6-12-18)14-27-22(29-2)25-21-19(4-3-13-24-21)20(26-27)16-7-9-17(23)10-8-16;1-27-17-10-4-14(5-11-17)13-26-21(28)24-20-18(3-2-12-23-20)19(25-26)15-6-8-16(22)9-7-15;1-2(5)4-3/h3-13H,14H2,1-2H3;3-13H,14H2,1-2H3;2-12H,13H2,1H3,(H,23,24,28);3H2,1H3,(H,4,5). The smallest absolute Gasteiger partial charge is 0.253 e. The first kappa shape index (κ1) is 65.9. The number of aryl methyl sites for hydroxylation is 1. The maximum absolute atomic E-state index is 9.58. The van der Waals surface area contributed by atoms with E-state index in [9.17, 15) is 4.79 Å². The van der Waals surface area contributed by atoms with Crippen LogP contribution in [-0.4, -0.2) is 101 Å². The minimum absolute atomic E-state index is 0.218. The second-order valence-electron chi connectivity index (χ2n) is 20.3. The van der Waals surface area contributed by atoms with Crippen molar-refractivity contribution in [2.75, 3.05) is 37.9 Å². The van der Waals surface area contributed by atoms with E-state index in [2.05, 4.69) is 36.3 Å². The summed E-state index contributed by atoms with van der Waals surface area (Å²) in [5.74, 6) is 10.2. The highest BCUT2D eigenvalue weighted by Crippen LogP contribution is 2.32. The quantitative estimate of drug-likeness (QED) is 0.0448. The number of amides is 1. The Morgan fingerprint density at radius 1 is 0.548 bits per heavy atom. The van der Waals surface area contributed by atoms with Crippen LogP contribution in [0.5, 0.6) is 17.2 Å². The molecule has 3 aliphatic rings. The van der Waals surface area contributed by atoms with Gasteiger partial charge in [-0.25, -0.2) is 45.4 Å². The highest BCUT2D eigenvalue weighted by molar-refractivity contribution is 8.13. The number of halogens is 3. The van der Waals surface area contributed by atoms with Crippen molar-refractivity contribution < 1.29 is 19.0 Å². The highest BCUT2D eigenvalue weighted by atomic mass is 35.5. The van der Waals surface area contributed by atoms with Crippen LogP contribution in [-0.2, 0) is 24.4 Å². The maximum Gasteiger partial charge on any atom is 0.253 e. The molecule has 470 valence electrons. The molecule has 4 N–H and O–H groups in total. The predicted octanol–water partition coefficient (Wildman–Crippen LogP) is 13.5. The SMILES string of the molecule is CC(=O)NN.COc1ccc(CN2N=C(c3ccc(Cl)cc3)c3cccnc3-n3c(C)nnc32)cc1.COc1ccc(CN2N=C(c3ccc(Cl)cc3)c3cccnc3N=C2SC)cc1.COc1ccc(CN2N=C(c3ccc(Cl)cc3)c3cccnc3NC2=S)cc1. The van der Waals surface area contributed by atoms with E-state index in [1.54, 1.807) is 56.7 Å². The lowest BCUT2D eigenvalue weighted by molar-refractivity contribution is -0.119. The van der Waals surface area contributed by atoms with Crippen LogP contribution in [0.4, 0.5) is 17.6 Å². The summed E-state index contributed by atoms with van der Waals surface area (Å²) < 4.78 is 17.7. The highest BCUT2D eigenvalue weighted by Gasteiger charge is 2.29. The van der Waals surface area contributed by atoms with Crippen molar-refractivity contribution in [1.29, 1.82) is 0 Å². The summed E-state index contributed by atoms with van der Waals surface area (Å²) in [5, 5.41) is 35.6. The molecule has 4 aromatic heterocycles. The third-order valence-electron chi connectivity index (χ3n) is 14.2. The van der Waals surface area contributed by atoms with Gasteiger partial charge < -0.3 is 19.5 Å². The van der Waals surface area contributed by atoms with E-state index in [1.807, 2.05) is 215 Å². The fraction of sp³-hybridized carbons (Fsp3) is 0.132. The molecule has 25 heteroatoms. The number of ether oxygens (including phenoxy) is 3. The molecule has 0 radical (unpaired) electrons. The summed E-state index contributed by atoms with van der Waals surface area (Å²) >= 11 is 25.4. The number of hydrazine groups is 1. The third-order valence-corrected chi connectivity index (χ3v) is 15.9. The van der Waals surface area contributed by atoms with Gasteiger partial charge in [-0.1, -0.05) is 119 Å². The van der Waals surface area contributed by atoms with E-state index in [4.69, 9.17) is 81.5 Å². The summed E-state index contributed by atoms with van der Waals surface area (Å²) in [6.07, 6.45) is 7.23.